The highest BCUT2D eigenvalue weighted by atomic mass is 32.1. The van der Waals surface area contributed by atoms with Gasteiger partial charge in [0.15, 0.2) is 0 Å². The van der Waals surface area contributed by atoms with Crippen molar-refractivity contribution in [1.82, 2.24) is 16.0 Å². The number of carboxylic acid groups (broad SMARTS) is 2. The molecular formula is C16H26N6O9S. The van der Waals surface area contributed by atoms with E-state index < -0.39 is 91.3 Å². The fourth-order valence-electron chi connectivity index (χ4n) is 2.25. The Hall–Kier alpha value is -3.40. The highest BCUT2D eigenvalue weighted by Crippen LogP contribution is 2.03. The average Bonchev–Trinajstić information content (AvgIpc) is 2.67. The Morgan fingerprint density at radius 2 is 1.16 bits per heavy atom. The van der Waals surface area contributed by atoms with Crippen molar-refractivity contribution >= 4 is 54.1 Å². The van der Waals surface area contributed by atoms with Crippen molar-refractivity contribution in [2.24, 2.45) is 17.2 Å². The number of aliphatic carboxylic acids is 2. The molecule has 0 aromatic carbocycles. The normalized spacial score (nSPS) is 14.2. The molecule has 180 valence electrons. The predicted molar refractivity (Wildman–Crippen MR) is 110 cm³/mol. The second-order valence-electron chi connectivity index (χ2n) is 6.58. The van der Waals surface area contributed by atoms with Gasteiger partial charge in [-0.2, -0.15) is 12.6 Å². The lowest BCUT2D eigenvalue weighted by Crippen LogP contribution is -2.58. The Balaban J connectivity index is 5.51. The molecule has 16 heteroatoms. The van der Waals surface area contributed by atoms with E-state index in [4.69, 9.17) is 27.4 Å². The van der Waals surface area contributed by atoms with Crippen molar-refractivity contribution < 1.29 is 43.8 Å². The molecule has 0 bridgehead atoms. The van der Waals surface area contributed by atoms with Gasteiger partial charge < -0.3 is 43.4 Å². The Bertz CT molecular complexity index is 762. The maximum atomic E-state index is 12.5. The van der Waals surface area contributed by atoms with Crippen LogP contribution in [0.4, 0.5) is 0 Å². The quantitative estimate of drug-likeness (QED) is 0.102. The van der Waals surface area contributed by atoms with Gasteiger partial charge in [-0.05, 0) is 6.42 Å². The molecule has 0 aromatic rings. The number of thiol groups is 1. The summed E-state index contributed by atoms with van der Waals surface area (Å²) in [4.78, 5) is 81.4. The molecule has 0 saturated heterocycles. The van der Waals surface area contributed by atoms with E-state index in [2.05, 4.69) is 23.3 Å². The lowest BCUT2D eigenvalue weighted by Gasteiger charge is -2.24. The van der Waals surface area contributed by atoms with E-state index in [0.717, 1.165) is 0 Å². The lowest BCUT2D eigenvalue weighted by molar-refractivity contribution is -0.143. The van der Waals surface area contributed by atoms with Crippen molar-refractivity contribution in [2.45, 2.75) is 49.9 Å². The van der Waals surface area contributed by atoms with Crippen LogP contribution in [0.15, 0.2) is 0 Å². The summed E-state index contributed by atoms with van der Waals surface area (Å²) < 4.78 is 0. The average molecular weight is 478 g/mol. The number of hydrogen-bond donors (Lipinski definition) is 9. The van der Waals surface area contributed by atoms with E-state index in [1.165, 1.54) is 0 Å². The van der Waals surface area contributed by atoms with Crippen LogP contribution >= 0.6 is 12.6 Å². The van der Waals surface area contributed by atoms with Gasteiger partial charge in [0.1, 0.15) is 18.1 Å². The van der Waals surface area contributed by atoms with Gasteiger partial charge in [0.05, 0.1) is 18.9 Å². The fourth-order valence-corrected chi connectivity index (χ4v) is 2.42. The SMILES string of the molecule is NC(=O)CC(NC(=O)C(N)CS)C(=O)NC(CC(N)=O)C(=O)NC(CCC(=O)O)C(=O)O. The van der Waals surface area contributed by atoms with Crippen LogP contribution in [-0.2, 0) is 33.6 Å². The molecule has 0 aliphatic rings. The van der Waals surface area contributed by atoms with Gasteiger partial charge in [0, 0.05) is 12.2 Å². The Labute approximate surface area is 187 Å². The number of nitrogens with one attached hydrogen (secondary N) is 3. The number of carboxylic acids is 2. The molecule has 5 amide bonds. The highest BCUT2D eigenvalue weighted by molar-refractivity contribution is 7.80. The molecule has 4 atom stereocenters. The smallest absolute Gasteiger partial charge is 0.326 e. The highest BCUT2D eigenvalue weighted by Gasteiger charge is 2.32. The number of primary amides is 2. The number of carbonyl (C=O) groups is 7. The number of nitrogens with two attached hydrogens (primary N) is 3. The maximum absolute atomic E-state index is 12.5. The van der Waals surface area contributed by atoms with Gasteiger partial charge in [-0.15, -0.1) is 0 Å². The predicted octanol–water partition coefficient (Wildman–Crippen LogP) is -4.60. The number of hydrogen-bond acceptors (Lipinski definition) is 9. The van der Waals surface area contributed by atoms with E-state index in [0.29, 0.717) is 0 Å². The zero-order valence-electron chi connectivity index (χ0n) is 16.8. The van der Waals surface area contributed by atoms with Crippen LogP contribution in [0.3, 0.4) is 0 Å². The molecule has 0 rings (SSSR count). The molecule has 0 radical (unpaired) electrons. The number of rotatable bonds is 15. The van der Waals surface area contributed by atoms with Gasteiger partial charge in [0.2, 0.25) is 29.5 Å². The first-order valence-electron chi connectivity index (χ1n) is 9.07. The Morgan fingerprint density at radius 1 is 0.750 bits per heavy atom. The number of carbonyl (C=O) groups excluding carboxylic acids is 5. The molecule has 0 aliphatic heterocycles. The summed E-state index contributed by atoms with van der Waals surface area (Å²) >= 11 is 3.83. The van der Waals surface area contributed by atoms with Gasteiger partial charge in [-0.25, -0.2) is 4.79 Å². The third kappa shape index (κ3) is 11.1. The Morgan fingerprint density at radius 3 is 1.50 bits per heavy atom. The Kier molecular flexibility index (Phi) is 12.3. The van der Waals surface area contributed by atoms with Crippen LogP contribution in [-0.4, -0.2) is 81.6 Å². The van der Waals surface area contributed by atoms with E-state index >= 15 is 0 Å². The topological polar surface area (TPSA) is 274 Å². The van der Waals surface area contributed by atoms with Crippen molar-refractivity contribution in [3.63, 3.8) is 0 Å². The second-order valence-corrected chi connectivity index (χ2v) is 6.95. The first kappa shape index (κ1) is 28.6. The minimum absolute atomic E-state index is 0.0869. The van der Waals surface area contributed by atoms with Crippen molar-refractivity contribution in [2.75, 3.05) is 5.75 Å². The zero-order valence-corrected chi connectivity index (χ0v) is 17.7. The molecule has 0 heterocycles. The fraction of sp³-hybridized carbons (Fsp3) is 0.562. The van der Waals surface area contributed by atoms with Gasteiger partial charge in [0.25, 0.3) is 0 Å². The molecule has 32 heavy (non-hydrogen) atoms. The third-order valence-electron chi connectivity index (χ3n) is 3.87. The summed E-state index contributed by atoms with van der Waals surface area (Å²) in [5.74, 6) is -8.10. The monoisotopic (exact) mass is 478 g/mol. The third-order valence-corrected chi connectivity index (χ3v) is 4.26. The molecule has 0 aromatic heterocycles. The summed E-state index contributed by atoms with van der Waals surface area (Å²) in [5, 5.41) is 24.1. The van der Waals surface area contributed by atoms with E-state index in [1.807, 2.05) is 5.32 Å². The maximum Gasteiger partial charge on any atom is 0.326 e. The first-order valence-corrected chi connectivity index (χ1v) is 9.70. The van der Waals surface area contributed by atoms with Crippen LogP contribution in [0.2, 0.25) is 0 Å². The number of amides is 5. The van der Waals surface area contributed by atoms with E-state index in [9.17, 15) is 33.6 Å². The molecule has 0 saturated carbocycles. The van der Waals surface area contributed by atoms with E-state index in [1.54, 1.807) is 0 Å². The molecule has 0 aliphatic carbocycles. The minimum atomic E-state index is -1.70. The lowest BCUT2D eigenvalue weighted by atomic mass is 10.1. The second kappa shape index (κ2) is 13.8. The minimum Gasteiger partial charge on any atom is -0.481 e. The zero-order chi connectivity index (χ0) is 25.0. The van der Waals surface area contributed by atoms with Crippen LogP contribution in [0, 0.1) is 0 Å². The van der Waals surface area contributed by atoms with Crippen molar-refractivity contribution in [3.05, 3.63) is 0 Å². The first-order chi connectivity index (χ1) is 14.8. The standard InChI is InChI=1S/C16H26N6O9S/c17-6(5-32)13(27)21-8(3-10(18)23)15(29)22-9(4-11(19)24)14(28)20-7(16(30)31)1-2-12(25)26/h6-9,32H,1-5,17H2,(H2,18,23)(H2,19,24)(H,20,28)(H,21,27)(H,22,29)(H,25,26)(H,30,31). The van der Waals surface area contributed by atoms with Gasteiger partial charge in [-0.3, -0.25) is 28.8 Å². The summed E-state index contributed by atoms with van der Waals surface area (Å²) in [6, 6.07) is -6.04. The molecular weight excluding hydrogens is 452 g/mol. The summed E-state index contributed by atoms with van der Waals surface area (Å²) in [7, 11) is 0. The molecule has 11 N–H and O–H groups in total. The van der Waals surface area contributed by atoms with Crippen LogP contribution in [0.1, 0.15) is 25.7 Å². The largest absolute Gasteiger partial charge is 0.481 e. The summed E-state index contributed by atoms with van der Waals surface area (Å²) in [6.45, 7) is 0. The van der Waals surface area contributed by atoms with Crippen LogP contribution in [0.5, 0.6) is 0 Å². The molecule has 15 nitrogen and oxygen atoms in total. The summed E-state index contributed by atoms with van der Waals surface area (Å²) in [6.07, 6.45) is -2.51. The van der Waals surface area contributed by atoms with Gasteiger partial charge >= 0.3 is 11.9 Å². The molecule has 0 spiro atoms. The molecule has 4 unspecified atom stereocenters. The van der Waals surface area contributed by atoms with E-state index in [-0.39, 0.29) is 5.75 Å². The van der Waals surface area contributed by atoms with Crippen LogP contribution < -0.4 is 33.2 Å². The summed E-state index contributed by atoms with van der Waals surface area (Å²) in [5.41, 5.74) is 15.6. The van der Waals surface area contributed by atoms with Gasteiger partial charge in [-0.1, -0.05) is 0 Å². The molecule has 0 fully saturated rings. The van der Waals surface area contributed by atoms with Crippen molar-refractivity contribution in [3.8, 4) is 0 Å². The van der Waals surface area contributed by atoms with Crippen molar-refractivity contribution in [1.29, 1.82) is 0 Å². The van der Waals surface area contributed by atoms with Crippen LogP contribution in [0.25, 0.3) is 0 Å².